The number of amides is 1. The number of methoxy groups -OCH3 is 2. The highest BCUT2D eigenvalue weighted by molar-refractivity contribution is 6.32. The van der Waals surface area contributed by atoms with Gasteiger partial charge in [0.25, 0.3) is 5.91 Å². The zero-order chi connectivity index (χ0) is 20.1. The maximum absolute atomic E-state index is 12.1. The van der Waals surface area contributed by atoms with E-state index in [0.29, 0.717) is 41.8 Å². The van der Waals surface area contributed by atoms with Crippen LogP contribution in [-0.4, -0.2) is 39.9 Å². The molecule has 0 unspecified atom stereocenters. The lowest BCUT2D eigenvalue weighted by molar-refractivity contribution is -0.117. The second-order valence-corrected chi connectivity index (χ2v) is 5.98. The van der Waals surface area contributed by atoms with Crippen LogP contribution in [0.3, 0.4) is 0 Å². The summed E-state index contributed by atoms with van der Waals surface area (Å²) in [6, 6.07) is 5.08. The maximum Gasteiger partial charge on any atom is 0.263 e. The van der Waals surface area contributed by atoms with Crippen molar-refractivity contribution < 1.29 is 19.0 Å². The predicted octanol–water partition coefficient (Wildman–Crippen LogP) is 3.50. The van der Waals surface area contributed by atoms with Crippen molar-refractivity contribution in [3.05, 3.63) is 28.9 Å². The number of anilines is 1. The molecule has 1 rings (SSSR count). The topological polar surface area (TPSA) is 92.6 Å². The third-order valence-corrected chi connectivity index (χ3v) is 3.90. The number of ether oxygens (including phenoxy) is 3. The number of halogens is 1. The highest BCUT2D eigenvalue weighted by Gasteiger charge is 2.11. The third kappa shape index (κ3) is 7.77. The van der Waals surface area contributed by atoms with Crippen molar-refractivity contribution in [1.82, 2.24) is 5.32 Å². The van der Waals surface area contributed by atoms with E-state index in [4.69, 9.17) is 25.8 Å². The van der Waals surface area contributed by atoms with E-state index in [1.54, 1.807) is 12.1 Å². The van der Waals surface area contributed by atoms with Crippen molar-refractivity contribution in [2.75, 3.05) is 39.3 Å². The molecular weight excluding hydrogens is 370 g/mol. The van der Waals surface area contributed by atoms with Gasteiger partial charge in [-0.2, -0.15) is 5.26 Å². The smallest absolute Gasteiger partial charge is 0.263 e. The Hall–Kier alpha value is -2.43. The average Bonchev–Trinajstić information content (AvgIpc) is 2.68. The van der Waals surface area contributed by atoms with E-state index in [1.165, 1.54) is 20.4 Å². The number of carbonyl (C=O) groups excluding carboxylic acids is 1. The third-order valence-electron chi connectivity index (χ3n) is 3.60. The van der Waals surface area contributed by atoms with Crippen LogP contribution < -0.4 is 20.1 Å². The lowest BCUT2D eigenvalue weighted by Crippen LogP contribution is -2.26. The number of nitriles is 1. The molecule has 0 atom stereocenters. The normalized spacial score (nSPS) is 10.9. The Kier molecular flexibility index (Phi) is 10.8. The summed E-state index contributed by atoms with van der Waals surface area (Å²) < 4.78 is 15.8. The van der Waals surface area contributed by atoms with E-state index >= 15 is 0 Å². The van der Waals surface area contributed by atoms with Crippen molar-refractivity contribution in [3.63, 3.8) is 0 Å². The van der Waals surface area contributed by atoms with Crippen LogP contribution in [0, 0.1) is 11.3 Å². The van der Waals surface area contributed by atoms with Crippen LogP contribution in [0.1, 0.15) is 26.2 Å². The van der Waals surface area contributed by atoms with E-state index in [-0.39, 0.29) is 5.57 Å². The van der Waals surface area contributed by atoms with Crippen molar-refractivity contribution in [3.8, 4) is 17.6 Å². The minimum atomic E-state index is -0.460. The van der Waals surface area contributed by atoms with Gasteiger partial charge < -0.3 is 24.8 Å². The van der Waals surface area contributed by atoms with Crippen LogP contribution in [-0.2, 0) is 9.53 Å². The molecule has 27 heavy (non-hydrogen) atoms. The Labute approximate surface area is 165 Å². The van der Waals surface area contributed by atoms with Crippen LogP contribution in [0.5, 0.6) is 11.5 Å². The first-order valence-electron chi connectivity index (χ1n) is 8.71. The first kappa shape index (κ1) is 22.6. The molecule has 1 amide bonds. The zero-order valence-corrected chi connectivity index (χ0v) is 16.7. The second kappa shape index (κ2) is 12.8. The highest BCUT2D eigenvalue weighted by atomic mass is 35.5. The maximum atomic E-state index is 12.1. The van der Waals surface area contributed by atoms with E-state index in [1.807, 2.05) is 6.07 Å². The molecule has 1 aromatic rings. The summed E-state index contributed by atoms with van der Waals surface area (Å²) >= 11 is 6.06. The van der Waals surface area contributed by atoms with Gasteiger partial charge in [-0.3, -0.25) is 4.79 Å². The molecule has 0 aromatic heterocycles. The van der Waals surface area contributed by atoms with E-state index in [2.05, 4.69) is 17.6 Å². The van der Waals surface area contributed by atoms with Gasteiger partial charge >= 0.3 is 0 Å². The number of unbranched alkanes of at least 4 members (excludes halogenated alkanes) is 1. The van der Waals surface area contributed by atoms with Gasteiger partial charge in [0.1, 0.15) is 23.1 Å². The molecule has 0 radical (unpaired) electrons. The van der Waals surface area contributed by atoms with Crippen molar-refractivity contribution in [2.45, 2.75) is 26.2 Å². The van der Waals surface area contributed by atoms with Gasteiger partial charge in [0.2, 0.25) is 0 Å². The number of benzene rings is 1. The summed E-state index contributed by atoms with van der Waals surface area (Å²) in [4.78, 5) is 12.1. The Morgan fingerprint density at radius 2 is 1.93 bits per heavy atom. The van der Waals surface area contributed by atoms with Gasteiger partial charge in [0.05, 0.1) is 24.9 Å². The lowest BCUT2D eigenvalue weighted by atomic mass is 10.2. The summed E-state index contributed by atoms with van der Waals surface area (Å²) in [5.74, 6) is 0.442. The molecule has 0 fully saturated rings. The molecule has 0 bridgehead atoms. The molecule has 0 aliphatic rings. The van der Waals surface area contributed by atoms with Gasteiger partial charge in [0.15, 0.2) is 0 Å². The fourth-order valence-corrected chi connectivity index (χ4v) is 2.32. The second-order valence-electron chi connectivity index (χ2n) is 5.58. The van der Waals surface area contributed by atoms with Gasteiger partial charge in [-0.15, -0.1) is 0 Å². The quantitative estimate of drug-likeness (QED) is 0.319. The zero-order valence-electron chi connectivity index (χ0n) is 15.9. The van der Waals surface area contributed by atoms with E-state index in [9.17, 15) is 10.1 Å². The van der Waals surface area contributed by atoms with Crippen LogP contribution in [0.2, 0.25) is 5.02 Å². The van der Waals surface area contributed by atoms with E-state index < -0.39 is 5.91 Å². The van der Waals surface area contributed by atoms with Crippen LogP contribution >= 0.6 is 11.6 Å². The van der Waals surface area contributed by atoms with Crippen molar-refractivity contribution in [1.29, 1.82) is 5.26 Å². The fraction of sp³-hybridized carbons (Fsp3) is 0.474. The molecule has 0 saturated carbocycles. The molecule has 0 saturated heterocycles. The molecule has 1 aromatic carbocycles. The number of nitrogens with one attached hydrogen (secondary N) is 2. The molecule has 0 spiro atoms. The van der Waals surface area contributed by atoms with E-state index in [0.717, 1.165) is 19.4 Å². The number of rotatable bonds is 12. The Morgan fingerprint density at radius 1 is 1.22 bits per heavy atom. The summed E-state index contributed by atoms with van der Waals surface area (Å²) in [6.45, 7) is 3.83. The summed E-state index contributed by atoms with van der Waals surface area (Å²) in [5, 5.41) is 15.2. The summed E-state index contributed by atoms with van der Waals surface area (Å²) in [7, 11) is 2.99. The summed E-state index contributed by atoms with van der Waals surface area (Å²) in [5.41, 5.74) is 0.460. The number of hydrogen-bond donors (Lipinski definition) is 2. The van der Waals surface area contributed by atoms with Crippen molar-refractivity contribution >= 4 is 23.2 Å². The van der Waals surface area contributed by atoms with Gasteiger partial charge in [-0.05, 0) is 12.8 Å². The monoisotopic (exact) mass is 395 g/mol. The van der Waals surface area contributed by atoms with Crippen LogP contribution in [0.25, 0.3) is 0 Å². The lowest BCUT2D eigenvalue weighted by Gasteiger charge is -2.12. The molecule has 7 nitrogen and oxygen atoms in total. The average molecular weight is 396 g/mol. The molecule has 8 heteroatoms. The Balaban J connectivity index is 2.62. The molecule has 0 aliphatic heterocycles. The van der Waals surface area contributed by atoms with Gasteiger partial charge in [-0.25, -0.2) is 0 Å². The largest absolute Gasteiger partial charge is 0.495 e. The molecule has 2 N–H and O–H groups in total. The Morgan fingerprint density at radius 3 is 2.56 bits per heavy atom. The minimum Gasteiger partial charge on any atom is -0.495 e. The highest BCUT2D eigenvalue weighted by Crippen LogP contribution is 2.35. The van der Waals surface area contributed by atoms with Crippen LogP contribution in [0.4, 0.5) is 5.69 Å². The standard InChI is InChI=1S/C19H26ClN3O4/c1-4-5-8-27-9-6-7-22-19(24)14(12-21)13-23-16-11-17(25-2)15(20)10-18(16)26-3/h10-11,13,23H,4-9H2,1-3H3,(H,22,24)/b14-13-. The van der Waals surface area contributed by atoms with Crippen molar-refractivity contribution in [2.24, 2.45) is 0 Å². The molecule has 148 valence electrons. The van der Waals surface area contributed by atoms with Gasteiger partial charge in [0, 0.05) is 38.1 Å². The Bertz CT molecular complexity index is 686. The summed E-state index contributed by atoms with van der Waals surface area (Å²) in [6.07, 6.45) is 4.12. The molecule has 0 heterocycles. The molecule has 0 aliphatic carbocycles. The fourth-order valence-electron chi connectivity index (χ4n) is 2.09. The number of nitrogens with zero attached hydrogens (tertiary/aromatic N) is 1. The SMILES string of the molecule is CCCCOCCCNC(=O)/C(C#N)=C\Nc1cc(OC)c(Cl)cc1OC. The molecular formula is C19H26ClN3O4. The number of hydrogen-bond acceptors (Lipinski definition) is 6. The number of carbonyl (C=O) groups is 1. The first-order chi connectivity index (χ1) is 13.1. The first-order valence-corrected chi connectivity index (χ1v) is 9.09. The van der Waals surface area contributed by atoms with Gasteiger partial charge in [-0.1, -0.05) is 24.9 Å². The van der Waals surface area contributed by atoms with Crippen LogP contribution in [0.15, 0.2) is 23.9 Å². The predicted molar refractivity (Wildman–Crippen MR) is 105 cm³/mol. The minimum absolute atomic E-state index is 0.0575.